The molecule has 0 spiro atoms. The van der Waals surface area contributed by atoms with E-state index < -0.39 is 17.7 Å². The van der Waals surface area contributed by atoms with Gasteiger partial charge in [0.25, 0.3) is 5.56 Å². The van der Waals surface area contributed by atoms with Gasteiger partial charge in [0.05, 0.1) is 23.1 Å². The maximum absolute atomic E-state index is 15.1. The molecule has 0 aliphatic heterocycles. The molecular weight excluding hydrogens is 594 g/mol. The quantitative estimate of drug-likeness (QED) is 0.204. The molecule has 4 aromatic heterocycles. The van der Waals surface area contributed by atoms with Crippen molar-refractivity contribution in [1.29, 1.82) is 0 Å². The van der Waals surface area contributed by atoms with Crippen LogP contribution < -0.4 is 16.0 Å². The maximum atomic E-state index is 15.1. The fourth-order valence-corrected chi connectivity index (χ4v) is 6.77. The van der Waals surface area contributed by atoms with Crippen LogP contribution in [-0.2, 0) is 0 Å². The molecule has 1 atom stereocenters. The monoisotopic (exact) mass is 618 g/mol. The highest BCUT2D eigenvalue weighted by Crippen LogP contribution is 2.48. The van der Waals surface area contributed by atoms with E-state index in [9.17, 15) is 9.18 Å². The molecule has 0 saturated heterocycles. The third kappa shape index (κ3) is 4.72. The first kappa shape index (κ1) is 27.5. The molecule has 43 heavy (non-hydrogen) atoms. The highest BCUT2D eigenvalue weighted by atomic mass is 35.5. The Hall–Kier alpha value is -4.35. The average molecular weight is 619 g/mol. The Bertz CT molecular complexity index is 2100. The standard InChI is InChI=1S/C31H25ClF2N6O2S/c1-15(2)42-22-9-8-18(11-21(22)34)27-26-29(35)36-14-37-30(26)40(38-27)28(16-6-7-16)20-12-24-39(23(32)13-43-24)31(41)25(20)17-4-3-5-19(33)10-17/h3-5,8-16,28H,6-7H2,1-2H3,(H2,35,36,37)/t28-/m0/s1. The zero-order valence-corrected chi connectivity index (χ0v) is 24.7. The highest BCUT2D eigenvalue weighted by molar-refractivity contribution is 7.16. The van der Waals surface area contributed by atoms with Gasteiger partial charge in [-0.3, -0.25) is 9.20 Å². The number of benzene rings is 2. The molecule has 8 nitrogen and oxygen atoms in total. The minimum atomic E-state index is -0.537. The lowest BCUT2D eigenvalue weighted by molar-refractivity contribution is 0.231. The van der Waals surface area contributed by atoms with Crippen molar-refractivity contribution in [2.75, 3.05) is 5.73 Å². The summed E-state index contributed by atoms with van der Waals surface area (Å²) in [4.78, 5) is 23.4. The number of rotatable bonds is 7. The van der Waals surface area contributed by atoms with Crippen molar-refractivity contribution in [3.63, 3.8) is 0 Å². The molecule has 0 unspecified atom stereocenters. The second kappa shape index (κ2) is 10.4. The van der Waals surface area contributed by atoms with Crippen LogP contribution in [0.1, 0.15) is 38.3 Å². The lowest BCUT2D eigenvalue weighted by Crippen LogP contribution is -2.23. The van der Waals surface area contributed by atoms with E-state index in [1.165, 1.54) is 40.3 Å². The molecule has 1 aliphatic rings. The number of pyridine rings is 1. The van der Waals surface area contributed by atoms with Gasteiger partial charge in [-0.2, -0.15) is 5.10 Å². The average Bonchev–Trinajstić information content (AvgIpc) is 3.62. The van der Waals surface area contributed by atoms with E-state index in [0.717, 1.165) is 12.8 Å². The Morgan fingerprint density at radius 1 is 1.09 bits per heavy atom. The van der Waals surface area contributed by atoms with E-state index in [4.69, 9.17) is 27.2 Å². The lowest BCUT2D eigenvalue weighted by atomic mass is 9.93. The summed E-state index contributed by atoms with van der Waals surface area (Å²) in [5, 5.41) is 7.41. The largest absolute Gasteiger partial charge is 0.488 e. The molecule has 1 aliphatic carbocycles. The first-order valence-corrected chi connectivity index (χ1v) is 15.0. The van der Waals surface area contributed by atoms with E-state index in [1.807, 2.05) is 19.9 Å². The first-order chi connectivity index (χ1) is 20.7. The number of hydrogen-bond donors (Lipinski definition) is 1. The predicted molar refractivity (Wildman–Crippen MR) is 164 cm³/mol. The Morgan fingerprint density at radius 2 is 1.91 bits per heavy atom. The van der Waals surface area contributed by atoms with Crippen LogP contribution in [0.3, 0.4) is 0 Å². The van der Waals surface area contributed by atoms with Gasteiger partial charge in [-0.05, 0) is 80.1 Å². The SMILES string of the molecule is CC(C)Oc1ccc(-c2nn([C@H](c3cc4scc(Cl)n4c(=O)c3-c3cccc(F)c3)C3CC3)c3ncnc(N)c23)cc1F. The summed E-state index contributed by atoms with van der Waals surface area (Å²) in [7, 11) is 0. The van der Waals surface area contributed by atoms with Gasteiger partial charge in [-0.25, -0.2) is 23.4 Å². The molecule has 6 aromatic rings. The van der Waals surface area contributed by atoms with Crippen LogP contribution in [0.15, 0.2) is 65.0 Å². The summed E-state index contributed by atoms with van der Waals surface area (Å²) in [6, 6.07) is 12.0. The molecule has 2 aromatic carbocycles. The normalized spacial score (nSPS) is 14.2. The summed E-state index contributed by atoms with van der Waals surface area (Å²) in [6.07, 6.45) is 2.92. The van der Waals surface area contributed by atoms with Crippen LogP contribution in [0.2, 0.25) is 5.15 Å². The van der Waals surface area contributed by atoms with Gasteiger partial charge in [0.2, 0.25) is 0 Å². The number of nitrogens with two attached hydrogens (primary N) is 1. The molecule has 0 amide bonds. The van der Waals surface area contributed by atoms with Crippen molar-refractivity contribution in [1.82, 2.24) is 24.1 Å². The van der Waals surface area contributed by atoms with Crippen molar-refractivity contribution in [2.24, 2.45) is 5.92 Å². The van der Waals surface area contributed by atoms with Gasteiger partial charge in [-0.15, -0.1) is 11.3 Å². The fraction of sp³-hybridized carbons (Fsp3) is 0.226. The zero-order valence-electron chi connectivity index (χ0n) is 23.1. The topological polar surface area (TPSA) is 100 Å². The number of aromatic nitrogens is 5. The number of halogens is 3. The van der Waals surface area contributed by atoms with E-state index in [2.05, 4.69) is 9.97 Å². The van der Waals surface area contributed by atoms with Crippen molar-refractivity contribution < 1.29 is 13.5 Å². The number of hydrogen-bond acceptors (Lipinski definition) is 7. The van der Waals surface area contributed by atoms with E-state index in [-0.39, 0.29) is 34.3 Å². The van der Waals surface area contributed by atoms with Crippen molar-refractivity contribution in [3.05, 3.63) is 92.9 Å². The maximum Gasteiger partial charge on any atom is 0.265 e. The minimum Gasteiger partial charge on any atom is -0.488 e. The van der Waals surface area contributed by atoms with Crippen LogP contribution in [0.4, 0.5) is 14.6 Å². The van der Waals surface area contributed by atoms with E-state index >= 15 is 4.39 Å². The Kier molecular flexibility index (Phi) is 6.66. The van der Waals surface area contributed by atoms with Gasteiger partial charge in [-0.1, -0.05) is 23.7 Å². The zero-order chi connectivity index (χ0) is 30.0. The molecule has 218 valence electrons. The molecule has 1 saturated carbocycles. The van der Waals surface area contributed by atoms with Gasteiger partial charge in [0, 0.05) is 10.9 Å². The number of thiazole rings is 1. The molecule has 12 heteroatoms. The molecule has 7 rings (SSSR count). The fourth-order valence-electron chi connectivity index (χ4n) is 5.61. The third-order valence-electron chi connectivity index (χ3n) is 7.55. The summed E-state index contributed by atoms with van der Waals surface area (Å²) in [5.74, 6) is -0.577. The molecular formula is C31H25ClF2N6O2S. The van der Waals surface area contributed by atoms with Crippen molar-refractivity contribution >= 4 is 44.6 Å². The summed E-state index contributed by atoms with van der Waals surface area (Å²) in [5.41, 5.74) is 8.75. The highest BCUT2D eigenvalue weighted by Gasteiger charge is 2.39. The smallest absolute Gasteiger partial charge is 0.265 e. The molecule has 4 heterocycles. The van der Waals surface area contributed by atoms with E-state index in [1.54, 1.807) is 34.3 Å². The molecule has 1 fully saturated rings. The van der Waals surface area contributed by atoms with Crippen LogP contribution in [0.25, 0.3) is 38.2 Å². The van der Waals surface area contributed by atoms with Crippen LogP contribution in [-0.4, -0.2) is 30.3 Å². The Balaban J connectivity index is 1.49. The Morgan fingerprint density at radius 3 is 2.63 bits per heavy atom. The summed E-state index contributed by atoms with van der Waals surface area (Å²) >= 11 is 7.76. The van der Waals surface area contributed by atoms with E-state index in [0.29, 0.717) is 43.8 Å². The number of anilines is 1. The van der Waals surface area contributed by atoms with Crippen LogP contribution in [0.5, 0.6) is 5.75 Å². The van der Waals surface area contributed by atoms with Crippen molar-refractivity contribution in [2.45, 2.75) is 38.8 Å². The van der Waals surface area contributed by atoms with Crippen LogP contribution in [0, 0.1) is 17.6 Å². The van der Waals surface area contributed by atoms with Gasteiger partial charge >= 0.3 is 0 Å². The minimum absolute atomic E-state index is 0.107. The Labute approximate surface area is 253 Å². The van der Waals surface area contributed by atoms with Crippen molar-refractivity contribution in [3.8, 4) is 28.1 Å². The van der Waals surface area contributed by atoms with Gasteiger partial charge < -0.3 is 10.5 Å². The third-order valence-corrected chi connectivity index (χ3v) is 8.84. The number of nitrogens with zero attached hydrogens (tertiary/aromatic N) is 5. The summed E-state index contributed by atoms with van der Waals surface area (Å²) < 4.78 is 38.4. The number of ether oxygens (including phenoxy) is 1. The second-order valence-electron chi connectivity index (χ2n) is 10.9. The predicted octanol–water partition coefficient (Wildman–Crippen LogP) is 7.14. The lowest BCUT2D eigenvalue weighted by Gasteiger charge is -2.22. The summed E-state index contributed by atoms with van der Waals surface area (Å²) in [6.45, 7) is 3.65. The van der Waals surface area contributed by atoms with Gasteiger partial charge in [0.1, 0.15) is 33.6 Å². The van der Waals surface area contributed by atoms with Gasteiger partial charge in [0.15, 0.2) is 17.2 Å². The number of fused-ring (bicyclic) bond motifs is 2. The molecule has 0 bridgehead atoms. The van der Waals surface area contributed by atoms with Crippen LogP contribution >= 0.6 is 22.9 Å². The second-order valence-corrected chi connectivity index (χ2v) is 12.1. The molecule has 0 radical (unpaired) electrons. The number of nitrogen functional groups attached to an aromatic ring is 1. The molecule has 2 N–H and O–H groups in total. The first-order valence-electron chi connectivity index (χ1n) is 13.7.